The number of hydrogen-bond acceptors (Lipinski definition) is 2. The standard InChI is InChI=1S/C17H15NO2.C2H6/c1-2-12-8-9-15-14(10-12)16(19)17(20)18(15)11-13-6-4-3-5-7-13;1-2/h3-10H,2,11H2,1H3;1-2H3. The maximum Gasteiger partial charge on any atom is 0.299 e. The van der Waals surface area contributed by atoms with E-state index in [1.807, 2.05) is 69.3 Å². The van der Waals surface area contributed by atoms with E-state index in [1.165, 1.54) is 0 Å². The minimum atomic E-state index is -0.433. The number of anilines is 1. The summed E-state index contributed by atoms with van der Waals surface area (Å²) in [7, 11) is 0. The summed E-state index contributed by atoms with van der Waals surface area (Å²) in [4.78, 5) is 25.8. The maximum absolute atomic E-state index is 12.1. The lowest BCUT2D eigenvalue weighted by atomic mass is 10.1. The molecule has 22 heavy (non-hydrogen) atoms. The van der Waals surface area contributed by atoms with E-state index < -0.39 is 11.7 Å². The SMILES string of the molecule is CC.CCc1ccc2c(c1)C(=O)C(=O)N2Cc1ccccc1. The number of nitrogens with zero attached hydrogens (tertiary/aromatic N) is 1. The number of rotatable bonds is 3. The first-order valence-electron chi connectivity index (χ1n) is 7.73. The zero-order valence-electron chi connectivity index (χ0n) is 13.3. The van der Waals surface area contributed by atoms with Crippen LogP contribution in [-0.4, -0.2) is 11.7 Å². The van der Waals surface area contributed by atoms with E-state index in [0.29, 0.717) is 12.1 Å². The summed E-state index contributed by atoms with van der Waals surface area (Å²) in [5, 5.41) is 0. The zero-order chi connectivity index (χ0) is 16.1. The Morgan fingerprint density at radius 1 is 0.909 bits per heavy atom. The Kier molecular flexibility index (Phi) is 5.10. The Morgan fingerprint density at radius 3 is 2.23 bits per heavy atom. The normalized spacial score (nSPS) is 12.8. The van der Waals surface area contributed by atoms with Crippen LogP contribution in [0, 0.1) is 0 Å². The second-order valence-corrected chi connectivity index (χ2v) is 4.91. The fraction of sp³-hybridized carbons (Fsp3) is 0.263. The third-order valence-corrected chi connectivity index (χ3v) is 3.63. The van der Waals surface area contributed by atoms with Gasteiger partial charge in [-0.05, 0) is 29.7 Å². The molecule has 0 fully saturated rings. The molecule has 0 spiro atoms. The van der Waals surface area contributed by atoms with Crippen LogP contribution in [0.2, 0.25) is 0 Å². The Hall–Kier alpha value is -2.42. The van der Waals surface area contributed by atoms with Crippen LogP contribution in [0.3, 0.4) is 0 Å². The van der Waals surface area contributed by atoms with Crippen LogP contribution in [-0.2, 0) is 17.8 Å². The van der Waals surface area contributed by atoms with Gasteiger partial charge in [0.15, 0.2) is 0 Å². The monoisotopic (exact) mass is 295 g/mol. The van der Waals surface area contributed by atoms with E-state index in [0.717, 1.165) is 23.2 Å². The molecule has 0 aromatic heterocycles. The summed E-state index contributed by atoms with van der Waals surface area (Å²) in [5.74, 6) is -0.830. The number of benzene rings is 2. The van der Waals surface area contributed by atoms with E-state index in [4.69, 9.17) is 0 Å². The van der Waals surface area contributed by atoms with Gasteiger partial charge in [-0.3, -0.25) is 9.59 Å². The molecule has 0 radical (unpaired) electrons. The molecule has 0 saturated heterocycles. The largest absolute Gasteiger partial charge is 0.300 e. The van der Waals surface area contributed by atoms with Gasteiger partial charge in [-0.1, -0.05) is 57.2 Å². The van der Waals surface area contributed by atoms with Crippen LogP contribution in [0.15, 0.2) is 48.5 Å². The van der Waals surface area contributed by atoms with Gasteiger partial charge in [-0.15, -0.1) is 0 Å². The first kappa shape index (κ1) is 16.0. The molecular weight excluding hydrogens is 274 g/mol. The molecule has 0 atom stereocenters. The van der Waals surface area contributed by atoms with Gasteiger partial charge in [0.05, 0.1) is 17.8 Å². The highest BCUT2D eigenvalue weighted by atomic mass is 16.2. The van der Waals surface area contributed by atoms with Gasteiger partial charge >= 0.3 is 0 Å². The van der Waals surface area contributed by atoms with Gasteiger partial charge in [-0.25, -0.2) is 0 Å². The van der Waals surface area contributed by atoms with Gasteiger partial charge in [0.1, 0.15) is 0 Å². The number of aryl methyl sites for hydroxylation is 1. The van der Waals surface area contributed by atoms with Crippen LogP contribution in [0.25, 0.3) is 0 Å². The minimum Gasteiger partial charge on any atom is -0.300 e. The van der Waals surface area contributed by atoms with Crippen LogP contribution in [0.4, 0.5) is 5.69 Å². The van der Waals surface area contributed by atoms with Crippen LogP contribution >= 0.6 is 0 Å². The first-order valence-corrected chi connectivity index (χ1v) is 7.73. The number of carbonyl (C=O) groups is 2. The van der Waals surface area contributed by atoms with Crippen molar-refractivity contribution in [3.63, 3.8) is 0 Å². The second-order valence-electron chi connectivity index (χ2n) is 4.91. The molecule has 2 aromatic carbocycles. The fourth-order valence-corrected chi connectivity index (χ4v) is 2.49. The number of carbonyl (C=O) groups excluding carboxylic acids is 2. The summed E-state index contributed by atoms with van der Waals surface area (Å²) >= 11 is 0. The Bertz CT molecular complexity index is 677. The molecule has 1 amide bonds. The summed E-state index contributed by atoms with van der Waals surface area (Å²) in [5.41, 5.74) is 3.35. The van der Waals surface area contributed by atoms with E-state index in [1.54, 1.807) is 4.90 Å². The van der Waals surface area contributed by atoms with Crippen molar-refractivity contribution in [1.29, 1.82) is 0 Å². The quantitative estimate of drug-likeness (QED) is 0.802. The topological polar surface area (TPSA) is 37.4 Å². The molecule has 2 aromatic rings. The second kappa shape index (κ2) is 7.03. The predicted octanol–water partition coefficient (Wildman–Crippen LogP) is 4.00. The number of fused-ring (bicyclic) bond motifs is 1. The molecular formula is C19H21NO2. The Balaban J connectivity index is 0.000000847. The lowest BCUT2D eigenvalue weighted by Crippen LogP contribution is -2.29. The molecule has 114 valence electrons. The van der Waals surface area contributed by atoms with E-state index in [2.05, 4.69) is 0 Å². The molecule has 0 unspecified atom stereocenters. The third kappa shape index (κ3) is 2.93. The van der Waals surface area contributed by atoms with Crippen molar-refractivity contribution in [2.24, 2.45) is 0 Å². The van der Waals surface area contributed by atoms with Crippen molar-refractivity contribution in [3.8, 4) is 0 Å². The van der Waals surface area contributed by atoms with Crippen LogP contribution < -0.4 is 4.90 Å². The number of hydrogen-bond donors (Lipinski definition) is 0. The molecule has 3 heteroatoms. The maximum atomic E-state index is 12.1. The average molecular weight is 295 g/mol. The van der Waals surface area contributed by atoms with E-state index in [9.17, 15) is 9.59 Å². The summed E-state index contributed by atoms with van der Waals surface area (Å²) in [6.07, 6.45) is 0.855. The van der Waals surface area contributed by atoms with E-state index >= 15 is 0 Å². The highest BCUT2D eigenvalue weighted by Crippen LogP contribution is 2.31. The molecule has 0 aliphatic carbocycles. The molecule has 3 rings (SSSR count). The summed E-state index contributed by atoms with van der Waals surface area (Å²) in [6, 6.07) is 15.4. The average Bonchev–Trinajstić information content (AvgIpc) is 2.82. The number of ketones is 1. The van der Waals surface area contributed by atoms with Gasteiger partial charge < -0.3 is 4.90 Å². The molecule has 0 saturated carbocycles. The van der Waals surface area contributed by atoms with Gasteiger partial charge in [0.2, 0.25) is 0 Å². The number of amides is 1. The molecule has 1 heterocycles. The Labute approximate surface area is 131 Å². The van der Waals surface area contributed by atoms with Gasteiger partial charge in [0.25, 0.3) is 11.7 Å². The van der Waals surface area contributed by atoms with Gasteiger partial charge in [-0.2, -0.15) is 0 Å². The molecule has 0 N–H and O–H groups in total. The zero-order valence-corrected chi connectivity index (χ0v) is 13.3. The van der Waals surface area contributed by atoms with E-state index in [-0.39, 0.29) is 0 Å². The van der Waals surface area contributed by atoms with Crippen molar-refractivity contribution in [2.75, 3.05) is 4.90 Å². The van der Waals surface area contributed by atoms with Crippen LogP contribution in [0.5, 0.6) is 0 Å². The van der Waals surface area contributed by atoms with Crippen molar-refractivity contribution in [1.82, 2.24) is 0 Å². The van der Waals surface area contributed by atoms with Crippen molar-refractivity contribution in [3.05, 3.63) is 65.2 Å². The molecule has 0 bridgehead atoms. The van der Waals surface area contributed by atoms with Crippen molar-refractivity contribution in [2.45, 2.75) is 33.7 Å². The Morgan fingerprint density at radius 2 is 1.59 bits per heavy atom. The minimum absolute atomic E-state index is 0.397. The third-order valence-electron chi connectivity index (χ3n) is 3.63. The number of Topliss-reactive ketones (excluding diaryl/α,β-unsaturated/α-hetero) is 1. The lowest BCUT2D eigenvalue weighted by molar-refractivity contribution is -0.114. The summed E-state index contributed by atoms with van der Waals surface area (Å²) in [6.45, 7) is 6.47. The van der Waals surface area contributed by atoms with Crippen molar-refractivity contribution >= 4 is 17.4 Å². The smallest absolute Gasteiger partial charge is 0.299 e. The fourth-order valence-electron chi connectivity index (χ4n) is 2.49. The predicted molar refractivity (Wildman–Crippen MR) is 89.1 cm³/mol. The first-order chi connectivity index (χ1) is 10.7. The summed E-state index contributed by atoms with van der Waals surface area (Å²) < 4.78 is 0. The van der Waals surface area contributed by atoms with Crippen LogP contribution in [0.1, 0.15) is 42.3 Å². The van der Waals surface area contributed by atoms with Gasteiger partial charge in [0, 0.05) is 0 Å². The van der Waals surface area contributed by atoms with Crippen molar-refractivity contribution < 1.29 is 9.59 Å². The molecule has 3 nitrogen and oxygen atoms in total. The highest BCUT2D eigenvalue weighted by molar-refractivity contribution is 6.52. The highest BCUT2D eigenvalue weighted by Gasteiger charge is 2.35. The molecule has 1 aliphatic heterocycles. The molecule has 1 aliphatic rings. The lowest BCUT2D eigenvalue weighted by Gasteiger charge is -2.16.